The molecule has 156 valence electrons. The predicted molar refractivity (Wildman–Crippen MR) is 119 cm³/mol. The van der Waals surface area contributed by atoms with Crippen molar-refractivity contribution in [2.24, 2.45) is 0 Å². The number of methoxy groups -OCH3 is 1. The minimum absolute atomic E-state index is 0.00922. The summed E-state index contributed by atoms with van der Waals surface area (Å²) in [4.78, 5) is 8.52. The van der Waals surface area contributed by atoms with E-state index < -0.39 is 0 Å². The van der Waals surface area contributed by atoms with E-state index in [1.807, 2.05) is 19.1 Å². The van der Waals surface area contributed by atoms with Gasteiger partial charge in [0.25, 0.3) is 0 Å². The first-order chi connectivity index (χ1) is 15.1. The van der Waals surface area contributed by atoms with Crippen LogP contribution in [0, 0.1) is 22.7 Å². The van der Waals surface area contributed by atoms with Gasteiger partial charge in [-0.2, -0.15) is 10.5 Å². The van der Waals surface area contributed by atoms with E-state index in [0.717, 1.165) is 5.56 Å². The van der Waals surface area contributed by atoms with Crippen LogP contribution < -0.4 is 10.5 Å². The lowest BCUT2D eigenvalue weighted by atomic mass is 9.97. The second-order valence-electron chi connectivity index (χ2n) is 6.56. The maximum absolute atomic E-state index is 9.95. The van der Waals surface area contributed by atoms with Crippen LogP contribution in [-0.4, -0.2) is 30.3 Å². The molecule has 3 aromatic rings. The molecule has 31 heavy (non-hydrogen) atoms. The summed E-state index contributed by atoms with van der Waals surface area (Å²) in [6.07, 6.45) is 3.49. The Bertz CT molecular complexity index is 1120. The van der Waals surface area contributed by atoms with Crippen LogP contribution in [0.5, 0.6) is 5.75 Å². The van der Waals surface area contributed by atoms with Gasteiger partial charge in [-0.3, -0.25) is 4.98 Å². The highest BCUT2D eigenvalue weighted by atomic mass is 32.2. The molecule has 7 nitrogen and oxygen atoms in total. The van der Waals surface area contributed by atoms with Crippen molar-refractivity contribution in [1.82, 2.24) is 9.97 Å². The number of nitrogen functional groups attached to an aromatic ring is 1. The van der Waals surface area contributed by atoms with Crippen molar-refractivity contribution in [3.63, 3.8) is 0 Å². The van der Waals surface area contributed by atoms with Gasteiger partial charge in [0.05, 0.1) is 12.2 Å². The SMILES string of the molecule is COCCOc1ccc(-c2c(C#N)c(N)nc(SC(C)c3cccnc3)c2C#N)cc1. The number of aromatic nitrogens is 2. The Labute approximate surface area is 185 Å². The van der Waals surface area contributed by atoms with Gasteiger partial charge in [0, 0.05) is 30.3 Å². The van der Waals surface area contributed by atoms with Gasteiger partial charge in [0.2, 0.25) is 0 Å². The Hall–Kier alpha value is -3.59. The highest BCUT2D eigenvalue weighted by Gasteiger charge is 2.22. The van der Waals surface area contributed by atoms with Crippen molar-refractivity contribution in [3.8, 4) is 29.0 Å². The normalized spacial score (nSPS) is 11.4. The molecule has 0 saturated heterocycles. The second kappa shape index (κ2) is 10.4. The number of anilines is 1. The average molecular weight is 432 g/mol. The fraction of sp³-hybridized carbons (Fsp3) is 0.217. The molecule has 2 aromatic heterocycles. The van der Waals surface area contributed by atoms with Crippen LogP contribution in [0.25, 0.3) is 11.1 Å². The van der Waals surface area contributed by atoms with Crippen LogP contribution in [0.4, 0.5) is 5.82 Å². The van der Waals surface area contributed by atoms with Crippen LogP contribution in [0.15, 0.2) is 53.8 Å². The first kappa shape index (κ1) is 22.1. The standard InChI is InChI=1S/C23H21N5O2S/c1-15(17-4-3-9-27-14-17)31-23-20(13-25)21(19(12-24)22(26)28-23)16-5-7-18(8-6-16)30-11-10-29-2/h3-9,14-15H,10-11H2,1-2H3,(H2,26,28). The number of thioether (sulfide) groups is 1. The van der Waals surface area contributed by atoms with E-state index in [4.69, 9.17) is 15.2 Å². The number of pyridine rings is 2. The van der Waals surface area contributed by atoms with Crippen molar-refractivity contribution >= 4 is 17.6 Å². The fourth-order valence-corrected chi connectivity index (χ4v) is 4.01. The van der Waals surface area contributed by atoms with Gasteiger partial charge in [-0.25, -0.2) is 4.98 Å². The zero-order valence-corrected chi connectivity index (χ0v) is 18.0. The van der Waals surface area contributed by atoms with Crippen molar-refractivity contribution in [1.29, 1.82) is 10.5 Å². The molecule has 0 saturated carbocycles. The molecule has 0 amide bonds. The molecular weight excluding hydrogens is 410 g/mol. The molecule has 0 fully saturated rings. The Morgan fingerprint density at radius 3 is 2.45 bits per heavy atom. The number of hydrogen-bond donors (Lipinski definition) is 1. The summed E-state index contributed by atoms with van der Waals surface area (Å²) in [5.41, 5.74) is 8.78. The zero-order chi connectivity index (χ0) is 22.2. The lowest BCUT2D eigenvalue weighted by molar-refractivity contribution is 0.146. The van der Waals surface area contributed by atoms with Gasteiger partial charge < -0.3 is 15.2 Å². The maximum Gasteiger partial charge on any atom is 0.143 e. The third kappa shape index (κ3) is 5.13. The molecule has 0 radical (unpaired) electrons. The lowest BCUT2D eigenvalue weighted by Crippen LogP contribution is -2.05. The molecule has 2 N–H and O–H groups in total. The van der Waals surface area contributed by atoms with E-state index >= 15 is 0 Å². The summed E-state index contributed by atoms with van der Waals surface area (Å²) in [6, 6.07) is 15.3. The average Bonchev–Trinajstić information content (AvgIpc) is 2.80. The highest BCUT2D eigenvalue weighted by Crippen LogP contribution is 2.41. The van der Waals surface area contributed by atoms with Crippen LogP contribution in [0.1, 0.15) is 28.9 Å². The number of ether oxygens (including phenoxy) is 2. The molecule has 0 aliphatic carbocycles. The summed E-state index contributed by atoms with van der Waals surface area (Å²) in [5, 5.41) is 20.1. The summed E-state index contributed by atoms with van der Waals surface area (Å²) in [5.74, 6) is 0.762. The molecular formula is C23H21N5O2S. The van der Waals surface area contributed by atoms with E-state index in [1.165, 1.54) is 11.8 Å². The molecule has 2 heterocycles. The van der Waals surface area contributed by atoms with Crippen molar-refractivity contribution in [2.75, 3.05) is 26.1 Å². The van der Waals surface area contributed by atoms with Crippen molar-refractivity contribution in [2.45, 2.75) is 17.2 Å². The van der Waals surface area contributed by atoms with Crippen molar-refractivity contribution in [3.05, 3.63) is 65.5 Å². The Kier molecular flexibility index (Phi) is 7.45. The first-order valence-electron chi connectivity index (χ1n) is 9.51. The number of nitrogens with two attached hydrogens (primary N) is 1. The summed E-state index contributed by atoms with van der Waals surface area (Å²) >= 11 is 1.41. The topological polar surface area (TPSA) is 118 Å². The number of nitrogens with zero attached hydrogens (tertiary/aromatic N) is 4. The second-order valence-corrected chi connectivity index (χ2v) is 7.89. The third-order valence-corrected chi connectivity index (χ3v) is 5.70. The molecule has 1 unspecified atom stereocenters. The number of rotatable bonds is 8. The number of benzene rings is 1. The van der Waals surface area contributed by atoms with Gasteiger partial charge in [0.1, 0.15) is 40.9 Å². The predicted octanol–water partition coefficient (Wildman–Crippen LogP) is 4.35. The van der Waals surface area contributed by atoms with Gasteiger partial charge >= 0.3 is 0 Å². The smallest absolute Gasteiger partial charge is 0.143 e. The van der Waals surface area contributed by atoms with Gasteiger partial charge in [-0.1, -0.05) is 30.0 Å². The van der Waals surface area contributed by atoms with Gasteiger partial charge in [0.15, 0.2) is 0 Å². The molecule has 8 heteroatoms. The quantitative estimate of drug-likeness (QED) is 0.413. The first-order valence-corrected chi connectivity index (χ1v) is 10.4. The molecule has 0 aliphatic heterocycles. The summed E-state index contributed by atoms with van der Waals surface area (Å²) in [7, 11) is 1.61. The highest BCUT2D eigenvalue weighted by molar-refractivity contribution is 7.99. The molecule has 1 aromatic carbocycles. The Morgan fingerprint density at radius 1 is 1.10 bits per heavy atom. The van der Waals surface area contributed by atoms with Gasteiger partial charge in [-0.15, -0.1) is 0 Å². The molecule has 0 spiro atoms. The molecule has 0 aliphatic rings. The van der Waals surface area contributed by atoms with Crippen LogP contribution in [0.2, 0.25) is 0 Å². The third-order valence-electron chi connectivity index (χ3n) is 4.56. The molecule has 3 rings (SSSR count). The fourth-order valence-electron chi connectivity index (χ4n) is 2.98. The van der Waals surface area contributed by atoms with E-state index in [1.54, 1.807) is 43.8 Å². The van der Waals surface area contributed by atoms with E-state index in [9.17, 15) is 10.5 Å². The monoisotopic (exact) mass is 431 g/mol. The number of nitriles is 2. The number of hydrogen-bond acceptors (Lipinski definition) is 8. The summed E-state index contributed by atoms with van der Waals surface area (Å²) < 4.78 is 10.6. The maximum atomic E-state index is 9.95. The lowest BCUT2D eigenvalue weighted by Gasteiger charge is -2.16. The van der Waals surface area contributed by atoms with E-state index in [-0.39, 0.29) is 16.6 Å². The minimum Gasteiger partial charge on any atom is -0.491 e. The molecule has 0 bridgehead atoms. The van der Waals surface area contributed by atoms with Crippen LogP contribution in [0.3, 0.4) is 0 Å². The van der Waals surface area contributed by atoms with Crippen LogP contribution in [-0.2, 0) is 4.74 Å². The van der Waals surface area contributed by atoms with Gasteiger partial charge in [-0.05, 0) is 36.2 Å². The van der Waals surface area contributed by atoms with E-state index in [2.05, 4.69) is 22.1 Å². The van der Waals surface area contributed by atoms with Crippen LogP contribution >= 0.6 is 11.8 Å². The minimum atomic E-state index is -0.00922. The van der Waals surface area contributed by atoms with Crippen molar-refractivity contribution < 1.29 is 9.47 Å². The zero-order valence-electron chi connectivity index (χ0n) is 17.2. The Morgan fingerprint density at radius 2 is 1.84 bits per heavy atom. The summed E-state index contributed by atoms with van der Waals surface area (Å²) in [6.45, 7) is 2.91. The molecule has 1 atom stereocenters. The van der Waals surface area contributed by atoms with E-state index in [0.29, 0.717) is 40.7 Å². The largest absolute Gasteiger partial charge is 0.491 e. The Balaban J connectivity index is 2.01.